The first-order chi connectivity index (χ1) is 14.7. The fourth-order valence-electron chi connectivity index (χ4n) is 4.73. The summed E-state index contributed by atoms with van der Waals surface area (Å²) in [6.45, 7) is 3.45. The molecule has 2 aromatic rings. The number of rotatable bonds is 4. The summed E-state index contributed by atoms with van der Waals surface area (Å²) in [5.74, 6) is 1.30. The summed E-state index contributed by atoms with van der Waals surface area (Å²) in [5.41, 5.74) is 1.55. The maximum atomic E-state index is 12.9. The number of hydrogen-bond acceptors (Lipinski definition) is 4. The summed E-state index contributed by atoms with van der Waals surface area (Å²) < 4.78 is 0. The van der Waals surface area contributed by atoms with E-state index in [4.69, 9.17) is 4.98 Å². The van der Waals surface area contributed by atoms with E-state index < -0.39 is 0 Å². The Balaban J connectivity index is 1.32. The normalized spacial score (nSPS) is 20.4. The molecule has 1 saturated carbocycles. The van der Waals surface area contributed by atoms with Crippen LogP contribution in [0.4, 0.5) is 5.82 Å². The van der Waals surface area contributed by atoms with E-state index in [2.05, 4.69) is 15.1 Å². The van der Waals surface area contributed by atoms with Crippen LogP contribution >= 0.6 is 0 Å². The van der Waals surface area contributed by atoms with Gasteiger partial charge in [0, 0.05) is 43.5 Å². The molecule has 3 fully saturated rings. The zero-order valence-corrected chi connectivity index (χ0v) is 17.5. The molecule has 1 N–H and O–H groups in total. The zero-order chi connectivity index (χ0) is 20.5. The Morgan fingerprint density at radius 1 is 0.933 bits per heavy atom. The molecule has 30 heavy (non-hydrogen) atoms. The van der Waals surface area contributed by atoms with Gasteiger partial charge in [0.2, 0.25) is 5.91 Å². The molecule has 0 unspecified atom stereocenters. The quantitative estimate of drug-likeness (QED) is 0.846. The van der Waals surface area contributed by atoms with E-state index in [9.17, 15) is 9.59 Å². The zero-order valence-electron chi connectivity index (χ0n) is 17.5. The van der Waals surface area contributed by atoms with Gasteiger partial charge in [0.1, 0.15) is 5.82 Å². The molecule has 1 aliphatic carbocycles. The van der Waals surface area contributed by atoms with Crippen molar-refractivity contribution in [1.29, 1.82) is 0 Å². The van der Waals surface area contributed by atoms with Crippen LogP contribution in [0.15, 0.2) is 30.3 Å². The van der Waals surface area contributed by atoms with Crippen molar-refractivity contribution in [2.24, 2.45) is 5.92 Å². The van der Waals surface area contributed by atoms with Crippen molar-refractivity contribution in [2.75, 3.05) is 31.1 Å². The minimum atomic E-state index is -0.00693. The second kappa shape index (κ2) is 8.25. The average molecular weight is 407 g/mol. The topological polar surface area (TPSA) is 65.5 Å². The highest BCUT2D eigenvalue weighted by Crippen LogP contribution is 2.29. The van der Waals surface area contributed by atoms with Gasteiger partial charge in [-0.3, -0.25) is 9.59 Å². The largest absolute Gasteiger partial charge is 0.357 e. The second-order valence-corrected chi connectivity index (χ2v) is 8.94. The minimum absolute atomic E-state index is 0.00693. The number of hydrogen-bond donors (Lipinski definition) is 1. The average Bonchev–Trinajstić information content (AvgIpc) is 3.62. The van der Waals surface area contributed by atoms with Crippen molar-refractivity contribution in [1.82, 2.24) is 15.2 Å². The number of anilines is 1. The van der Waals surface area contributed by atoms with Crippen molar-refractivity contribution >= 4 is 28.5 Å². The third-order valence-electron chi connectivity index (χ3n) is 6.70. The number of carbonyl (C=O) groups excluding carboxylic acids is 2. The van der Waals surface area contributed by atoms with Crippen LogP contribution < -0.4 is 10.2 Å². The Bertz CT molecular complexity index is 941. The maximum absolute atomic E-state index is 12.9. The molecule has 0 atom stereocenters. The highest BCUT2D eigenvalue weighted by Gasteiger charge is 2.30. The van der Waals surface area contributed by atoms with E-state index in [1.54, 1.807) is 0 Å². The van der Waals surface area contributed by atoms with Gasteiger partial charge in [0.25, 0.3) is 5.91 Å². The van der Waals surface area contributed by atoms with Crippen LogP contribution in [-0.4, -0.2) is 53.9 Å². The van der Waals surface area contributed by atoms with E-state index in [0.29, 0.717) is 17.5 Å². The number of aromatic nitrogens is 1. The summed E-state index contributed by atoms with van der Waals surface area (Å²) in [4.78, 5) is 34.9. The van der Waals surface area contributed by atoms with Crippen LogP contribution in [0.25, 0.3) is 10.9 Å². The van der Waals surface area contributed by atoms with Crippen LogP contribution in [0.3, 0.4) is 0 Å². The first-order valence-electron chi connectivity index (χ1n) is 11.4. The van der Waals surface area contributed by atoms with Gasteiger partial charge in [-0.15, -0.1) is 0 Å². The second-order valence-electron chi connectivity index (χ2n) is 8.94. The van der Waals surface area contributed by atoms with Gasteiger partial charge >= 0.3 is 0 Å². The van der Waals surface area contributed by atoms with Crippen LogP contribution in [0.5, 0.6) is 0 Å². The lowest BCUT2D eigenvalue weighted by Crippen LogP contribution is -2.44. The molecule has 2 saturated heterocycles. The molecule has 2 amide bonds. The first kappa shape index (κ1) is 19.3. The van der Waals surface area contributed by atoms with Gasteiger partial charge in [-0.1, -0.05) is 18.2 Å². The highest BCUT2D eigenvalue weighted by molar-refractivity contribution is 6.07. The number of pyridine rings is 1. The van der Waals surface area contributed by atoms with Crippen molar-refractivity contribution in [2.45, 2.75) is 51.0 Å². The van der Waals surface area contributed by atoms with Gasteiger partial charge in [-0.25, -0.2) is 4.98 Å². The van der Waals surface area contributed by atoms with Crippen LogP contribution in [0.2, 0.25) is 0 Å². The molecule has 0 bridgehead atoms. The number of amides is 2. The van der Waals surface area contributed by atoms with Gasteiger partial charge in [0.05, 0.1) is 11.1 Å². The number of nitrogens with one attached hydrogen (secondary N) is 1. The SMILES string of the molecule is O=C(NC1CC1)c1cc(N2CCC(C(=O)N3CCCCC3)CC2)nc2ccccc12. The van der Waals surface area contributed by atoms with Gasteiger partial charge in [-0.05, 0) is 57.1 Å². The molecule has 3 heterocycles. The van der Waals surface area contributed by atoms with Crippen LogP contribution in [-0.2, 0) is 4.79 Å². The molecule has 6 heteroatoms. The Morgan fingerprint density at radius 3 is 2.40 bits per heavy atom. The summed E-state index contributed by atoms with van der Waals surface area (Å²) in [6, 6.07) is 10.1. The Hall–Kier alpha value is -2.63. The standard InChI is InChI=1S/C24H30N4O2/c29-23(25-18-8-9-18)20-16-22(26-21-7-3-2-6-19(20)21)27-14-10-17(11-15-27)24(30)28-12-4-1-5-13-28/h2-3,6-7,16-18H,1,4-5,8-15H2,(H,25,29). The van der Waals surface area contributed by atoms with Crippen molar-refractivity contribution < 1.29 is 9.59 Å². The first-order valence-corrected chi connectivity index (χ1v) is 11.4. The predicted octanol–water partition coefficient (Wildman–Crippen LogP) is 3.36. The lowest BCUT2D eigenvalue weighted by Gasteiger charge is -2.36. The number of fused-ring (bicyclic) bond motifs is 1. The number of likely N-dealkylation sites (tertiary alicyclic amines) is 1. The van der Waals surface area contributed by atoms with E-state index in [1.807, 2.05) is 30.3 Å². The maximum Gasteiger partial charge on any atom is 0.252 e. The Kier molecular flexibility index (Phi) is 5.32. The molecule has 0 spiro atoms. The van der Waals surface area contributed by atoms with Crippen LogP contribution in [0.1, 0.15) is 55.3 Å². The van der Waals surface area contributed by atoms with Crippen molar-refractivity contribution in [3.8, 4) is 0 Å². The summed E-state index contributed by atoms with van der Waals surface area (Å²) >= 11 is 0. The minimum Gasteiger partial charge on any atom is -0.357 e. The number of para-hydroxylation sites is 1. The Labute approximate surface area is 177 Å². The summed E-state index contributed by atoms with van der Waals surface area (Å²) in [6.07, 6.45) is 7.36. The van der Waals surface area contributed by atoms with Crippen molar-refractivity contribution in [3.05, 3.63) is 35.9 Å². The smallest absolute Gasteiger partial charge is 0.252 e. The number of nitrogens with zero attached hydrogens (tertiary/aromatic N) is 3. The lowest BCUT2D eigenvalue weighted by atomic mass is 9.94. The van der Waals surface area contributed by atoms with Gasteiger partial charge in [-0.2, -0.15) is 0 Å². The van der Waals surface area contributed by atoms with Gasteiger partial charge < -0.3 is 15.1 Å². The summed E-state index contributed by atoms with van der Waals surface area (Å²) in [7, 11) is 0. The number of piperidine rings is 2. The lowest BCUT2D eigenvalue weighted by molar-refractivity contribution is -0.137. The molecule has 3 aliphatic rings. The van der Waals surface area contributed by atoms with E-state index in [0.717, 1.165) is 81.4 Å². The van der Waals surface area contributed by atoms with E-state index >= 15 is 0 Å². The predicted molar refractivity (Wildman–Crippen MR) is 118 cm³/mol. The monoisotopic (exact) mass is 406 g/mol. The molecule has 0 radical (unpaired) electrons. The fourth-order valence-corrected chi connectivity index (χ4v) is 4.73. The molecule has 2 aliphatic heterocycles. The number of carbonyl (C=O) groups is 2. The molecule has 5 rings (SSSR count). The molecule has 1 aromatic carbocycles. The Morgan fingerprint density at radius 2 is 1.67 bits per heavy atom. The third kappa shape index (κ3) is 4.00. The third-order valence-corrected chi connectivity index (χ3v) is 6.70. The number of benzene rings is 1. The fraction of sp³-hybridized carbons (Fsp3) is 0.542. The van der Waals surface area contributed by atoms with Gasteiger partial charge in [0.15, 0.2) is 0 Å². The molecular weight excluding hydrogens is 376 g/mol. The van der Waals surface area contributed by atoms with E-state index in [1.165, 1.54) is 6.42 Å². The van der Waals surface area contributed by atoms with E-state index in [-0.39, 0.29) is 11.8 Å². The summed E-state index contributed by atoms with van der Waals surface area (Å²) in [5, 5.41) is 4.01. The molecule has 6 nitrogen and oxygen atoms in total. The highest BCUT2D eigenvalue weighted by atomic mass is 16.2. The molecular formula is C24H30N4O2. The molecule has 158 valence electrons. The van der Waals surface area contributed by atoms with Crippen molar-refractivity contribution in [3.63, 3.8) is 0 Å². The van der Waals surface area contributed by atoms with Crippen LogP contribution in [0, 0.1) is 5.92 Å². The molecule has 1 aromatic heterocycles.